The molecule has 0 atom stereocenters. The fraction of sp³-hybridized carbons (Fsp3) is 0.195. The molecule has 5 nitrogen and oxygen atoms in total. The van der Waals surface area contributed by atoms with E-state index >= 15 is 0 Å². The summed E-state index contributed by atoms with van der Waals surface area (Å²) in [6.45, 7) is 24.9. The Labute approximate surface area is 559 Å². The second-order valence-corrected chi connectivity index (χ2v) is 26.0. The molecule has 88 heavy (non-hydrogen) atoms. The fourth-order valence-corrected chi connectivity index (χ4v) is 10.9. The molecule has 0 bridgehead atoms. The first-order chi connectivity index (χ1) is 49.1. The van der Waals surface area contributed by atoms with Gasteiger partial charge in [0.05, 0.1) is 41.4 Å². The first-order valence-corrected chi connectivity index (χ1v) is 29.0. The molecule has 6 heteroatoms. The molecule has 10 aromatic carbocycles. The third-order valence-corrected chi connectivity index (χ3v) is 15.8. The van der Waals surface area contributed by atoms with Crippen molar-refractivity contribution in [3.8, 4) is 84.3 Å². The molecule has 0 saturated heterocycles. The summed E-state index contributed by atoms with van der Waals surface area (Å²) in [4.78, 5) is 4.86. The van der Waals surface area contributed by atoms with E-state index in [-0.39, 0.29) is 60.2 Å². The van der Waals surface area contributed by atoms with Crippen LogP contribution in [-0.2, 0) is 42.7 Å². The van der Waals surface area contributed by atoms with Gasteiger partial charge in [-0.2, -0.15) is 18.2 Å². The molecular formula is C82H74N4OPt-2. The predicted molar refractivity (Wildman–Crippen MR) is 362 cm³/mol. The number of fused-ring (bicyclic) bond motifs is 4. The molecule has 13 aromatic rings. The molecule has 440 valence electrons. The van der Waals surface area contributed by atoms with E-state index in [1.807, 2.05) is 69.3 Å². The van der Waals surface area contributed by atoms with E-state index in [0.29, 0.717) is 50.5 Å². The molecule has 0 amide bonds. The van der Waals surface area contributed by atoms with E-state index in [0.717, 1.165) is 33.0 Å². The minimum Gasteiger partial charge on any atom is -0.510 e. The van der Waals surface area contributed by atoms with Crippen LogP contribution >= 0.6 is 0 Å². The van der Waals surface area contributed by atoms with Crippen LogP contribution in [0.4, 0.5) is 0 Å². The number of benzene rings is 10. The Hall–Kier alpha value is -8.89. The van der Waals surface area contributed by atoms with Crippen molar-refractivity contribution in [3.05, 3.63) is 271 Å². The minimum atomic E-state index is -0.816. The molecular weight excluding hydrogens is 1250 g/mol. The minimum absolute atomic E-state index is 0. The molecule has 0 saturated carbocycles. The maximum atomic E-state index is 10.7. The second-order valence-electron chi connectivity index (χ2n) is 26.0. The van der Waals surface area contributed by atoms with Crippen LogP contribution < -0.4 is 9.30 Å². The standard InChI is InChI=1S/C82H74N4O.Pt/c1-79(2,3)62-39-40-83-77(50-62)86-73-34-23-22-33-69(73)70-37-36-68(52-75(70)86)87-67-32-24-31-66(51-67)84-53-85(74-38-35-57(46-76(74)84)54-25-16-13-17-26-54)78-71(60-42-58(55-27-18-14-19-28-55)41-59(43-60)56-29-20-15-21-30-56)48-65(82(10,11)12)49-72(78)61-44-63(80(4,5)6)47-64(45-61)81(7,8)9;/h13-50H,1-12H3;/q-2;/i13D,14D,15D,16D,17D,18D,19D,20D,21D,25D,26D,27D,28D,29D,30D,41D,42D,43D;. The van der Waals surface area contributed by atoms with Crippen molar-refractivity contribution in [2.75, 3.05) is 0 Å². The van der Waals surface area contributed by atoms with Gasteiger partial charge < -0.3 is 13.9 Å². The monoisotopic (exact) mass is 1340 g/mol. The fourth-order valence-electron chi connectivity index (χ4n) is 10.9. The van der Waals surface area contributed by atoms with Crippen LogP contribution in [0.1, 0.15) is 130 Å². The molecule has 0 fully saturated rings. The van der Waals surface area contributed by atoms with Gasteiger partial charge in [0.15, 0.2) is 0 Å². The zero-order chi connectivity index (χ0) is 76.2. The average Bonchev–Trinajstić information content (AvgIpc) is 1.01. The maximum Gasteiger partial charge on any atom is 0.268 e. The predicted octanol–water partition coefficient (Wildman–Crippen LogP) is 21.1. The molecule has 0 aliphatic carbocycles. The molecule has 0 radical (unpaired) electrons. The largest absolute Gasteiger partial charge is 0.510 e. The summed E-state index contributed by atoms with van der Waals surface area (Å²) in [5, 5.41) is 1.88. The number of rotatable bonds is 10. The normalized spacial score (nSPS) is 15.1. The van der Waals surface area contributed by atoms with Crippen molar-refractivity contribution in [3.63, 3.8) is 0 Å². The third kappa shape index (κ3) is 11.6. The van der Waals surface area contributed by atoms with Gasteiger partial charge in [-0.1, -0.05) is 240 Å². The number of para-hydroxylation sites is 1. The molecule has 3 aromatic heterocycles. The zero-order valence-corrected chi connectivity index (χ0v) is 53.3. The van der Waals surface area contributed by atoms with Crippen molar-refractivity contribution in [1.29, 1.82) is 0 Å². The van der Waals surface area contributed by atoms with Crippen LogP contribution in [0.2, 0.25) is 0 Å². The zero-order valence-electron chi connectivity index (χ0n) is 69.1. The summed E-state index contributed by atoms with van der Waals surface area (Å²) < 4.78 is 179. The third-order valence-electron chi connectivity index (χ3n) is 15.8. The Kier molecular flexibility index (Phi) is 10.8. The van der Waals surface area contributed by atoms with E-state index in [2.05, 4.69) is 110 Å². The molecule has 13 rings (SSSR count). The summed E-state index contributed by atoms with van der Waals surface area (Å²) in [5.74, 6) is 1.24. The number of aromatic nitrogens is 4. The number of hydrogen-bond acceptors (Lipinski definition) is 2. The van der Waals surface area contributed by atoms with Crippen molar-refractivity contribution in [2.45, 2.75) is 105 Å². The Balaban J connectivity index is 0.0000105. The number of imidazole rings is 1. The van der Waals surface area contributed by atoms with Crippen LogP contribution in [-0.4, -0.2) is 14.1 Å². The smallest absolute Gasteiger partial charge is 0.268 e. The van der Waals surface area contributed by atoms with Crippen LogP contribution in [0.3, 0.4) is 0 Å². The summed E-state index contributed by atoms with van der Waals surface area (Å²) in [5.41, 5.74) is 3.02. The van der Waals surface area contributed by atoms with Crippen LogP contribution in [0, 0.1) is 18.5 Å². The van der Waals surface area contributed by atoms with Gasteiger partial charge in [-0.25, -0.2) is 4.98 Å². The topological polar surface area (TPSA) is 35.9 Å². The Bertz CT molecular complexity index is 5660. The summed E-state index contributed by atoms with van der Waals surface area (Å²) >= 11 is 0. The molecule has 0 unspecified atom stereocenters. The summed E-state index contributed by atoms with van der Waals surface area (Å²) in [6, 6.07) is 30.4. The molecule has 0 aliphatic rings. The number of pyridine rings is 1. The Morgan fingerprint density at radius 1 is 0.443 bits per heavy atom. The molecule has 0 spiro atoms. The van der Waals surface area contributed by atoms with Crippen LogP contribution in [0.5, 0.6) is 11.5 Å². The molecule has 3 heterocycles. The van der Waals surface area contributed by atoms with Crippen molar-refractivity contribution in [2.24, 2.45) is 0 Å². The number of ether oxygens (including phenoxy) is 1. The summed E-state index contributed by atoms with van der Waals surface area (Å²) in [6.07, 6.45) is 5.43. The van der Waals surface area contributed by atoms with Gasteiger partial charge in [-0.05, 0) is 153 Å². The van der Waals surface area contributed by atoms with Crippen molar-refractivity contribution < 1.29 is 55.0 Å². The van der Waals surface area contributed by atoms with E-state index in [1.54, 1.807) is 57.8 Å². The van der Waals surface area contributed by atoms with Gasteiger partial charge in [0.25, 0.3) is 6.33 Å². The number of hydrogen-bond donors (Lipinski definition) is 0. The van der Waals surface area contributed by atoms with Gasteiger partial charge in [-0.15, -0.1) is 29.7 Å². The molecule has 0 aliphatic heterocycles. The van der Waals surface area contributed by atoms with Crippen LogP contribution in [0.25, 0.3) is 106 Å². The first kappa shape index (κ1) is 41.3. The summed E-state index contributed by atoms with van der Waals surface area (Å²) in [7, 11) is 0. The second kappa shape index (κ2) is 23.0. The van der Waals surface area contributed by atoms with Gasteiger partial charge in [0, 0.05) is 44.3 Å². The van der Waals surface area contributed by atoms with Gasteiger partial charge in [-0.3, -0.25) is 4.57 Å². The number of nitrogens with zero attached hydrogens (tertiary/aromatic N) is 4. The molecule has 0 N–H and O–H groups in total. The van der Waals surface area contributed by atoms with Gasteiger partial charge in [0.1, 0.15) is 5.82 Å². The first-order valence-electron chi connectivity index (χ1n) is 38.0. The van der Waals surface area contributed by atoms with Gasteiger partial charge >= 0.3 is 0 Å². The van der Waals surface area contributed by atoms with E-state index in [1.165, 1.54) is 0 Å². The quantitative estimate of drug-likeness (QED) is 0.101. The van der Waals surface area contributed by atoms with Crippen molar-refractivity contribution in [1.82, 2.24) is 14.1 Å². The van der Waals surface area contributed by atoms with E-state index < -0.39 is 147 Å². The Morgan fingerprint density at radius 3 is 1.59 bits per heavy atom. The average molecular weight is 1340 g/mol. The Morgan fingerprint density at radius 2 is 0.989 bits per heavy atom. The maximum absolute atomic E-state index is 10.7. The van der Waals surface area contributed by atoms with E-state index in [4.69, 9.17) is 22.1 Å². The van der Waals surface area contributed by atoms with Gasteiger partial charge in [0.2, 0.25) is 0 Å². The SMILES string of the molecule is [2H]c1c([2H])c([2H])c(-c2ccc3c(c2)n(-c2[c-]c(Oc4[c-]c5c(cc4)c4ccccc4n5-c4cc(C(C)(C)C)ccn4)ccc2)[c-][n+]3-c2c(-c3cc(C(C)(C)C)cc(C(C)(C)C)c3)cc(C(C)(C)C)cc2-c2c([2H])c(-c3c([2H])c([2H])c([2H])c([2H])c3[2H])c([2H])c(-c3c([2H])c([2H])c([2H])c([2H])c3[2H])c2[2H])c([2H])c1[2H].[Pt]. The van der Waals surface area contributed by atoms with E-state index in [9.17, 15) is 12.3 Å². The van der Waals surface area contributed by atoms with Crippen LogP contribution in [0.15, 0.2) is 230 Å². The van der Waals surface area contributed by atoms with Crippen molar-refractivity contribution >= 4 is 32.8 Å².